The van der Waals surface area contributed by atoms with Gasteiger partial charge in [0.2, 0.25) is 11.6 Å². The van der Waals surface area contributed by atoms with E-state index in [-0.39, 0.29) is 30.4 Å². The highest BCUT2D eigenvalue weighted by molar-refractivity contribution is 5.69. The van der Waals surface area contributed by atoms with Crippen molar-refractivity contribution in [3.63, 3.8) is 0 Å². The highest BCUT2D eigenvalue weighted by atomic mass is 16.6. The second-order valence-electron chi connectivity index (χ2n) is 4.14. The molecule has 0 unspecified atom stereocenters. The third-order valence-electron chi connectivity index (χ3n) is 2.13. The second kappa shape index (κ2) is 6.81. The van der Waals surface area contributed by atoms with Crippen molar-refractivity contribution < 1.29 is 15.1 Å². The van der Waals surface area contributed by atoms with E-state index in [1.807, 2.05) is 0 Å². The van der Waals surface area contributed by atoms with Crippen molar-refractivity contribution in [1.29, 1.82) is 0 Å². The van der Waals surface area contributed by atoms with Crippen molar-refractivity contribution in [3.05, 3.63) is 16.4 Å². The first-order valence-corrected chi connectivity index (χ1v) is 5.75. The van der Waals surface area contributed by atoms with E-state index in [1.165, 1.54) is 6.33 Å². The molecule has 2 atom stereocenters. The number of anilines is 2. The largest absolute Gasteiger partial charge is 0.392 e. The molecular formula is C10H17N5O4. The zero-order valence-corrected chi connectivity index (χ0v) is 10.7. The Kier molecular flexibility index (Phi) is 5.39. The van der Waals surface area contributed by atoms with Crippen LogP contribution in [0.2, 0.25) is 0 Å². The monoisotopic (exact) mass is 271 g/mol. The van der Waals surface area contributed by atoms with Gasteiger partial charge in [0.1, 0.15) is 6.33 Å². The molecule has 9 heteroatoms. The molecule has 0 amide bonds. The molecule has 19 heavy (non-hydrogen) atoms. The van der Waals surface area contributed by atoms with Gasteiger partial charge in [0.15, 0.2) is 0 Å². The third kappa shape index (κ3) is 4.64. The van der Waals surface area contributed by atoms with Crippen LogP contribution < -0.4 is 10.6 Å². The van der Waals surface area contributed by atoms with Crippen LogP contribution in [0.15, 0.2) is 6.33 Å². The summed E-state index contributed by atoms with van der Waals surface area (Å²) in [4.78, 5) is 18.0. The number of aliphatic hydroxyl groups excluding tert-OH is 2. The minimum absolute atomic E-state index is 0.0222. The van der Waals surface area contributed by atoms with Gasteiger partial charge in [0.25, 0.3) is 0 Å². The number of hydrogen-bond donors (Lipinski definition) is 4. The van der Waals surface area contributed by atoms with Crippen molar-refractivity contribution in [2.45, 2.75) is 26.1 Å². The summed E-state index contributed by atoms with van der Waals surface area (Å²) in [6.07, 6.45) is -0.159. The molecule has 1 rings (SSSR count). The number of hydrogen-bond acceptors (Lipinski definition) is 8. The van der Waals surface area contributed by atoms with E-state index in [0.717, 1.165) is 0 Å². The SMILES string of the molecule is C[C@@H](O)CNc1ncnc(NC[C@@H](C)O)c1[N+](=O)[O-]. The summed E-state index contributed by atoms with van der Waals surface area (Å²) in [7, 11) is 0. The number of rotatable bonds is 7. The number of aliphatic hydroxyl groups is 2. The zero-order chi connectivity index (χ0) is 14.4. The molecule has 0 aliphatic carbocycles. The van der Waals surface area contributed by atoms with E-state index in [2.05, 4.69) is 20.6 Å². The standard InChI is InChI=1S/C10H17N5O4/c1-6(16)3-11-9-8(15(18)19)10(14-5-13-9)12-4-7(2)17/h5-7,16-17H,3-4H2,1-2H3,(H2,11,12,13,14)/t6-,7-/m1/s1. The summed E-state index contributed by atoms with van der Waals surface area (Å²) in [5, 5.41) is 34.7. The summed E-state index contributed by atoms with van der Waals surface area (Å²) in [6.45, 7) is 3.36. The lowest BCUT2D eigenvalue weighted by atomic mass is 10.3. The van der Waals surface area contributed by atoms with E-state index in [9.17, 15) is 10.1 Å². The average Bonchev–Trinajstić information content (AvgIpc) is 2.33. The molecule has 0 aliphatic rings. The van der Waals surface area contributed by atoms with E-state index >= 15 is 0 Å². The quantitative estimate of drug-likeness (QED) is 0.401. The summed E-state index contributed by atoms with van der Waals surface area (Å²) >= 11 is 0. The lowest BCUT2D eigenvalue weighted by Gasteiger charge is -2.11. The maximum absolute atomic E-state index is 11.1. The number of aromatic nitrogens is 2. The van der Waals surface area contributed by atoms with Gasteiger partial charge in [0.05, 0.1) is 17.1 Å². The second-order valence-corrected chi connectivity index (χ2v) is 4.14. The Morgan fingerprint density at radius 1 is 1.21 bits per heavy atom. The zero-order valence-electron chi connectivity index (χ0n) is 10.7. The molecule has 0 aromatic carbocycles. The molecule has 0 fully saturated rings. The molecule has 0 saturated heterocycles. The van der Waals surface area contributed by atoms with Gasteiger partial charge in [-0.2, -0.15) is 0 Å². The van der Waals surface area contributed by atoms with Crippen LogP contribution in [0.5, 0.6) is 0 Å². The van der Waals surface area contributed by atoms with Gasteiger partial charge >= 0.3 is 5.69 Å². The van der Waals surface area contributed by atoms with Crippen LogP contribution in [-0.2, 0) is 0 Å². The minimum atomic E-state index is -0.663. The topological polar surface area (TPSA) is 133 Å². The summed E-state index contributed by atoms with van der Waals surface area (Å²) < 4.78 is 0. The van der Waals surface area contributed by atoms with Gasteiger partial charge in [0, 0.05) is 13.1 Å². The molecule has 1 aromatic rings. The maximum Gasteiger partial charge on any atom is 0.353 e. The Hall–Kier alpha value is -2.00. The lowest BCUT2D eigenvalue weighted by molar-refractivity contribution is -0.383. The van der Waals surface area contributed by atoms with Crippen LogP contribution in [0, 0.1) is 10.1 Å². The minimum Gasteiger partial charge on any atom is -0.392 e. The lowest BCUT2D eigenvalue weighted by Crippen LogP contribution is -2.20. The van der Waals surface area contributed by atoms with Gasteiger partial charge < -0.3 is 20.8 Å². The molecule has 0 radical (unpaired) electrons. The molecule has 1 heterocycles. The van der Waals surface area contributed by atoms with Crippen molar-refractivity contribution in [2.24, 2.45) is 0 Å². The fourth-order valence-corrected chi connectivity index (χ4v) is 1.30. The predicted molar refractivity (Wildman–Crippen MR) is 69.0 cm³/mol. The highest BCUT2D eigenvalue weighted by Gasteiger charge is 2.23. The van der Waals surface area contributed by atoms with Gasteiger partial charge in [-0.05, 0) is 13.8 Å². The van der Waals surface area contributed by atoms with Crippen molar-refractivity contribution in [2.75, 3.05) is 23.7 Å². The third-order valence-corrected chi connectivity index (χ3v) is 2.13. The van der Waals surface area contributed by atoms with E-state index in [4.69, 9.17) is 10.2 Å². The molecule has 9 nitrogen and oxygen atoms in total. The number of nitro groups is 1. The van der Waals surface area contributed by atoms with Gasteiger partial charge in [-0.15, -0.1) is 0 Å². The molecule has 0 bridgehead atoms. The first kappa shape index (κ1) is 15.1. The smallest absolute Gasteiger partial charge is 0.353 e. The van der Waals surface area contributed by atoms with Crippen molar-refractivity contribution in [1.82, 2.24) is 9.97 Å². The molecule has 1 aromatic heterocycles. The molecular weight excluding hydrogens is 254 g/mol. The Labute approximate surface area is 109 Å². The average molecular weight is 271 g/mol. The first-order chi connectivity index (χ1) is 8.91. The van der Waals surface area contributed by atoms with Crippen LogP contribution in [0.3, 0.4) is 0 Å². The normalized spacial score (nSPS) is 13.7. The van der Waals surface area contributed by atoms with Crippen LogP contribution in [0.25, 0.3) is 0 Å². The molecule has 0 spiro atoms. The van der Waals surface area contributed by atoms with E-state index in [0.29, 0.717) is 0 Å². The molecule has 4 N–H and O–H groups in total. The summed E-state index contributed by atoms with van der Waals surface area (Å²) in [5.41, 5.74) is -0.316. The van der Waals surface area contributed by atoms with Gasteiger partial charge in [-0.3, -0.25) is 10.1 Å². The Bertz CT molecular complexity index is 408. The van der Waals surface area contributed by atoms with Crippen LogP contribution in [0.1, 0.15) is 13.8 Å². The Morgan fingerprint density at radius 3 is 1.95 bits per heavy atom. The van der Waals surface area contributed by atoms with E-state index in [1.54, 1.807) is 13.8 Å². The number of nitrogens with zero attached hydrogens (tertiary/aromatic N) is 3. The van der Waals surface area contributed by atoms with Crippen molar-refractivity contribution in [3.8, 4) is 0 Å². The Balaban J connectivity index is 2.97. The van der Waals surface area contributed by atoms with E-state index < -0.39 is 17.1 Å². The highest BCUT2D eigenvalue weighted by Crippen LogP contribution is 2.28. The fraction of sp³-hybridized carbons (Fsp3) is 0.600. The molecule has 0 aliphatic heterocycles. The molecule has 106 valence electrons. The predicted octanol–water partition coefficient (Wildman–Crippen LogP) is -0.0298. The van der Waals surface area contributed by atoms with Gasteiger partial charge in [-0.25, -0.2) is 9.97 Å². The summed E-state index contributed by atoms with van der Waals surface area (Å²) in [6, 6.07) is 0. The van der Waals surface area contributed by atoms with Gasteiger partial charge in [-0.1, -0.05) is 0 Å². The maximum atomic E-state index is 11.1. The first-order valence-electron chi connectivity index (χ1n) is 5.75. The van der Waals surface area contributed by atoms with Crippen molar-refractivity contribution >= 4 is 17.3 Å². The van der Waals surface area contributed by atoms with Crippen LogP contribution >= 0.6 is 0 Å². The van der Waals surface area contributed by atoms with Crippen LogP contribution in [0.4, 0.5) is 17.3 Å². The fourth-order valence-electron chi connectivity index (χ4n) is 1.30. The molecule has 0 saturated carbocycles. The number of nitrogens with one attached hydrogen (secondary N) is 2. The Morgan fingerprint density at radius 2 is 1.63 bits per heavy atom. The van der Waals surface area contributed by atoms with Crippen LogP contribution in [-0.4, -0.2) is 50.4 Å². The summed E-state index contributed by atoms with van der Waals surface area (Å²) in [5.74, 6) is 0.0444.